The van der Waals surface area contributed by atoms with Gasteiger partial charge in [-0.1, -0.05) is 64.3 Å². The Bertz CT molecular complexity index is 1070. The summed E-state index contributed by atoms with van der Waals surface area (Å²) in [6, 6.07) is 17.5. The normalized spacial score (nSPS) is 13.4. The standard InChI is InChI=1S/C29H38N2.2C2H5O.Pd/c1-5-8-13-23-15-11-17-25(20-23)28-22(4)27(19-10-7-3)29(31(28)30)26-18-12-16-24(21-26)14-9-6-2;2*1-2-3;/h11-12,15-18,20-21H,5-10,13-14,19H2,1-4H3;2*2H2,1H3;/q;2*-1;+2. The summed E-state index contributed by atoms with van der Waals surface area (Å²) in [5, 5.41) is 0. The van der Waals surface area contributed by atoms with Crippen molar-refractivity contribution in [2.75, 3.05) is 13.2 Å². The molecule has 0 N–H and O–H groups in total. The maximum absolute atomic E-state index is 11.4. The van der Waals surface area contributed by atoms with Gasteiger partial charge >= 0.3 is 52.7 Å². The molecule has 1 aliphatic heterocycles. The van der Waals surface area contributed by atoms with Crippen LogP contribution in [0.25, 0.3) is 16.9 Å². The number of aryl methyl sites for hydroxylation is 2. The van der Waals surface area contributed by atoms with E-state index in [-0.39, 0.29) is 18.7 Å². The molecule has 4 nitrogen and oxygen atoms in total. The van der Waals surface area contributed by atoms with E-state index in [1.807, 2.05) is 13.8 Å². The van der Waals surface area contributed by atoms with Crippen LogP contribution >= 0.6 is 0 Å². The van der Waals surface area contributed by atoms with Crippen LogP contribution in [-0.2, 0) is 38.5 Å². The van der Waals surface area contributed by atoms with E-state index in [4.69, 9.17) is 6.92 Å². The Morgan fingerprint density at radius 2 is 1.16 bits per heavy atom. The summed E-state index contributed by atoms with van der Waals surface area (Å²) in [7, 11) is 0. The molecule has 1 heterocycles. The third-order valence-electron chi connectivity index (χ3n) is 6.59. The minimum absolute atomic E-state index is 0.0681. The van der Waals surface area contributed by atoms with E-state index in [0.717, 1.165) is 67.8 Å². The van der Waals surface area contributed by atoms with Crippen molar-refractivity contribution in [3.05, 3.63) is 87.5 Å². The van der Waals surface area contributed by atoms with Gasteiger partial charge in [-0.15, -0.1) is 0 Å². The zero-order valence-corrected chi connectivity index (χ0v) is 26.0. The van der Waals surface area contributed by atoms with Crippen LogP contribution in [0.4, 0.5) is 0 Å². The van der Waals surface area contributed by atoms with Gasteiger partial charge in [0.15, 0.2) is 0 Å². The van der Waals surface area contributed by atoms with E-state index in [2.05, 4.69) is 76.2 Å². The molecule has 2 aromatic carbocycles. The molecule has 0 aromatic heterocycles. The molecule has 38 heavy (non-hydrogen) atoms. The van der Waals surface area contributed by atoms with Crippen LogP contribution < -0.4 is 0 Å². The number of benzene rings is 2. The van der Waals surface area contributed by atoms with Crippen molar-refractivity contribution < 1.29 is 30.3 Å². The van der Waals surface area contributed by atoms with Crippen LogP contribution in [0.2, 0.25) is 0 Å². The molecule has 0 spiro atoms. The van der Waals surface area contributed by atoms with Gasteiger partial charge in [0.25, 0.3) is 0 Å². The number of rotatable bonds is 15. The number of hydrogen-bond acceptors (Lipinski definition) is 2. The van der Waals surface area contributed by atoms with Gasteiger partial charge in [-0.05, 0) is 80.8 Å². The average Bonchev–Trinajstić information content (AvgIpc) is 3.19. The first-order chi connectivity index (χ1) is 18.5. The molecule has 0 atom stereocenters. The molecule has 0 unspecified atom stereocenters. The van der Waals surface area contributed by atoms with Crippen molar-refractivity contribution in [2.24, 2.45) is 0 Å². The Hall–Kier alpha value is -1.90. The van der Waals surface area contributed by atoms with Gasteiger partial charge in [0.1, 0.15) is 0 Å². The molecule has 1 aliphatic rings. The van der Waals surface area contributed by atoms with Crippen LogP contribution in [-0.4, -0.2) is 17.9 Å². The van der Waals surface area contributed by atoms with Gasteiger partial charge in [0, 0.05) is 22.3 Å². The van der Waals surface area contributed by atoms with Crippen LogP contribution in [0.15, 0.2) is 59.7 Å². The molecular weight excluding hydrogens is 563 g/mol. The Kier molecular flexibility index (Phi) is 15.6. The van der Waals surface area contributed by atoms with E-state index < -0.39 is 0 Å². The van der Waals surface area contributed by atoms with Crippen molar-refractivity contribution in [2.45, 2.75) is 99.3 Å². The second-order valence-electron chi connectivity index (χ2n) is 9.64. The maximum atomic E-state index is 11.4. The fraction of sp³-hybridized carbons (Fsp3) is 0.515. The monoisotopic (exact) mass is 610 g/mol. The van der Waals surface area contributed by atoms with Gasteiger partial charge in [0.05, 0.1) is 0 Å². The quantitative estimate of drug-likeness (QED) is 0.114. The summed E-state index contributed by atoms with van der Waals surface area (Å²) in [4.78, 5) is 0. The van der Waals surface area contributed by atoms with Crippen LogP contribution in [0.5, 0.6) is 0 Å². The van der Waals surface area contributed by atoms with Gasteiger partial charge in [-0.25, -0.2) is 4.70 Å². The molecule has 0 amide bonds. The Morgan fingerprint density at radius 1 is 0.684 bits per heavy atom. The van der Waals surface area contributed by atoms with Crippen molar-refractivity contribution in [1.82, 2.24) is 0 Å². The van der Waals surface area contributed by atoms with Gasteiger partial charge in [0.2, 0.25) is 11.4 Å². The summed E-state index contributed by atoms with van der Waals surface area (Å²) in [6.45, 7) is 14.3. The molecule has 0 saturated heterocycles. The third-order valence-corrected chi connectivity index (χ3v) is 7.86. The van der Waals surface area contributed by atoms with Crippen LogP contribution in [0.1, 0.15) is 109 Å². The zero-order valence-electron chi connectivity index (χ0n) is 24.4. The van der Waals surface area contributed by atoms with E-state index >= 15 is 0 Å². The molecule has 0 radical (unpaired) electrons. The summed E-state index contributed by atoms with van der Waals surface area (Å²) < 4.78 is 11.3. The van der Waals surface area contributed by atoms with Crippen LogP contribution in [0.3, 0.4) is 0 Å². The molecule has 3 rings (SSSR count). The second kappa shape index (κ2) is 18.4. The third kappa shape index (κ3) is 9.69. The summed E-state index contributed by atoms with van der Waals surface area (Å²) in [6.07, 6.45) is 10.2. The first kappa shape index (κ1) is 32.3. The minimum atomic E-state index is 0.0681. The second-order valence-corrected chi connectivity index (χ2v) is 10.8. The Morgan fingerprint density at radius 3 is 1.63 bits per heavy atom. The molecule has 5 heteroatoms. The summed E-state index contributed by atoms with van der Waals surface area (Å²) in [5.74, 6) is 0. The van der Waals surface area contributed by atoms with Gasteiger partial charge in [-0.3, -0.25) is 0 Å². The van der Waals surface area contributed by atoms with Crippen LogP contribution in [0, 0.1) is 0 Å². The molecule has 0 aliphatic carbocycles. The molecule has 0 bridgehead atoms. The topological polar surface area (TPSA) is 43.8 Å². The summed E-state index contributed by atoms with van der Waals surface area (Å²) in [5.41, 5.74) is 20.8. The summed E-state index contributed by atoms with van der Waals surface area (Å²) >= 11 is 0.0681. The first-order valence-corrected chi connectivity index (χ1v) is 15.7. The van der Waals surface area contributed by atoms with Crippen molar-refractivity contribution >= 4 is 11.4 Å². The molecule has 2 aromatic rings. The molecule has 212 valence electrons. The van der Waals surface area contributed by atoms with Crippen molar-refractivity contribution in [1.29, 1.82) is 0 Å². The molecular formula is C33H48N2O2Pd. The van der Waals surface area contributed by atoms with E-state index in [9.17, 15) is 5.53 Å². The Labute approximate surface area is 241 Å². The van der Waals surface area contributed by atoms with E-state index in [1.54, 1.807) is 0 Å². The van der Waals surface area contributed by atoms with Gasteiger partial charge in [-0.2, -0.15) is 0 Å². The number of allylic oxidation sites excluding steroid dienone is 2. The Balaban J connectivity index is 0.000000638. The fourth-order valence-corrected chi connectivity index (χ4v) is 5.12. The number of hydrogen-bond donors (Lipinski definition) is 0. The molecule has 0 saturated carbocycles. The number of nitrogens with zero attached hydrogens (tertiary/aromatic N) is 2. The zero-order chi connectivity index (χ0) is 27.8. The predicted octanol–water partition coefficient (Wildman–Crippen LogP) is 9.72. The van der Waals surface area contributed by atoms with Gasteiger partial charge < -0.3 is 5.53 Å². The van der Waals surface area contributed by atoms with E-state index in [1.165, 1.54) is 52.7 Å². The molecule has 0 fully saturated rings. The average molecular weight is 611 g/mol. The first-order valence-electron chi connectivity index (χ1n) is 14.5. The van der Waals surface area contributed by atoms with Crippen molar-refractivity contribution in [3.8, 4) is 0 Å². The van der Waals surface area contributed by atoms with Crippen molar-refractivity contribution in [3.63, 3.8) is 0 Å². The fourth-order valence-electron chi connectivity index (χ4n) is 4.62. The SMILES string of the molecule is CCCCC1=C(c2cccc(CCCC)c2)[N+](=[N-])C(c2cccc(CCCC)c2)=C1C.CC[O][Pd][O]CC. The predicted molar refractivity (Wildman–Crippen MR) is 156 cm³/mol. The van der Waals surface area contributed by atoms with E-state index in [0.29, 0.717) is 0 Å². The number of unbranched alkanes of at least 4 members (excludes halogenated alkanes) is 3.